The average molecular weight is 397 g/mol. The molecule has 29 heavy (non-hydrogen) atoms. The van der Waals surface area contributed by atoms with Crippen LogP contribution < -0.4 is 25.9 Å². The summed E-state index contributed by atoms with van der Waals surface area (Å²) in [6.07, 6.45) is 0.582. The number of amides is 1. The van der Waals surface area contributed by atoms with E-state index in [9.17, 15) is 14.4 Å². The van der Waals surface area contributed by atoms with Crippen LogP contribution in [-0.4, -0.2) is 35.8 Å². The van der Waals surface area contributed by atoms with Crippen LogP contribution in [-0.2, 0) is 24.8 Å². The van der Waals surface area contributed by atoms with Gasteiger partial charge in [-0.15, -0.1) is 0 Å². The first kappa shape index (κ1) is 20.2. The van der Waals surface area contributed by atoms with Crippen molar-refractivity contribution in [3.05, 3.63) is 68.7 Å². The van der Waals surface area contributed by atoms with E-state index in [2.05, 4.69) is 5.32 Å². The van der Waals surface area contributed by atoms with Gasteiger partial charge in [0, 0.05) is 13.6 Å². The van der Waals surface area contributed by atoms with E-state index in [1.807, 2.05) is 12.1 Å². The molecule has 2 aromatic carbocycles. The van der Waals surface area contributed by atoms with Gasteiger partial charge in [-0.2, -0.15) is 0 Å². The van der Waals surface area contributed by atoms with E-state index in [-0.39, 0.29) is 12.5 Å². The second-order valence-corrected chi connectivity index (χ2v) is 6.53. The largest absolute Gasteiger partial charge is 0.493 e. The maximum absolute atomic E-state index is 12.4. The Bertz CT molecular complexity index is 1160. The number of carbonyl (C=O) groups is 1. The van der Waals surface area contributed by atoms with Crippen molar-refractivity contribution in [2.24, 2.45) is 7.05 Å². The summed E-state index contributed by atoms with van der Waals surface area (Å²) in [5, 5.41) is 2.79. The van der Waals surface area contributed by atoms with Crippen LogP contribution in [0.3, 0.4) is 0 Å². The minimum atomic E-state index is -0.721. The molecule has 1 aromatic heterocycles. The molecule has 0 saturated heterocycles. The van der Waals surface area contributed by atoms with Crippen LogP contribution in [0.2, 0.25) is 0 Å². The second kappa shape index (κ2) is 8.64. The minimum absolute atomic E-state index is 0.221. The number of hydrogen-bond donors (Lipinski definition) is 1. The quantitative estimate of drug-likeness (QED) is 0.603. The lowest BCUT2D eigenvalue weighted by Gasteiger charge is -2.13. The van der Waals surface area contributed by atoms with Crippen LogP contribution in [0.15, 0.2) is 52.1 Å². The lowest BCUT2D eigenvalue weighted by Crippen LogP contribution is -2.43. The molecule has 0 radical (unpaired) electrons. The molecule has 0 atom stereocenters. The Labute approximate surface area is 167 Å². The monoisotopic (exact) mass is 397 g/mol. The summed E-state index contributed by atoms with van der Waals surface area (Å²) in [5.74, 6) is 0.914. The van der Waals surface area contributed by atoms with Crippen molar-refractivity contribution >= 4 is 16.9 Å². The van der Waals surface area contributed by atoms with E-state index in [1.165, 1.54) is 9.13 Å². The fourth-order valence-electron chi connectivity index (χ4n) is 3.19. The summed E-state index contributed by atoms with van der Waals surface area (Å²) in [4.78, 5) is 37.0. The molecule has 8 nitrogen and oxygen atoms in total. The van der Waals surface area contributed by atoms with Crippen molar-refractivity contribution in [2.45, 2.75) is 13.0 Å². The molecule has 0 spiro atoms. The maximum Gasteiger partial charge on any atom is 0.317 e. The van der Waals surface area contributed by atoms with Crippen LogP contribution in [0.4, 0.5) is 0 Å². The van der Waals surface area contributed by atoms with Gasteiger partial charge in [0.25, 0.3) is 0 Å². The van der Waals surface area contributed by atoms with Gasteiger partial charge in [0.05, 0.1) is 25.3 Å². The number of aryl methyl sites for hydroxylation is 1. The van der Waals surface area contributed by atoms with E-state index < -0.39 is 11.1 Å². The number of ether oxygens (including phenoxy) is 2. The first-order valence-corrected chi connectivity index (χ1v) is 9.12. The Kier molecular flexibility index (Phi) is 6.01. The van der Waals surface area contributed by atoms with Crippen LogP contribution in [0, 0.1) is 0 Å². The second-order valence-electron chi connectivity index (χ2n) is 6.53. The normalized spacial score (nSPS) is 10.7. The molecule has 0 saturated carbocycles. The molecule has 1 amide bonds. The van der Waals surface area contributed by atoms with Gasteiger partial charge in [-0.3, -0.25) is 19.0 Å². The highest BCUT2D eigenvalue weighted by Crippen LogP contribution is 2.27. The first-order chi connectivity index (χ1) is 14.0. The zero-order valence-corrected chi connectivity index (χ0v) is 16.6. The Morgan fingerprint density at radius 1 is 0.966 bits per heavy atom. The minimum Gasteiger partial charge on any atom is -0.493 e. The molecular weight excluding hydrogens is 374 g/mol. The van der Waals surface area contributed by atoms with Crippen molar-refractivity contribution in [3.8, 4) is 11.5 Å². The average Bonchev–Trinajstić information content (AvgIpc) is 2.75. The molecule has 152 valence electrons. The molecule has 0 bridgehead atoms. The van der Waals surface area contributed by atoms with E-state index in [4.69, 9.17) is 9.47 Å². The third-order valence-corrected chi connectivity index (χ3v) is 4.75. The Hall–Kier alpha value is -3.55. The third kappa shape index (κ3) is 4.16. The van der Waals surface area contributed by atoms with E-state index in [1.54, 1.807) is 51.6 Å². The molecule has 0 aliphatic rings. The predicted octanol–water partition coefficient (Wildman–Crippen LogP) is 1.08. The van der Waals surface area contributed by atoms with Crippen molar-refractivity contribution in [1.29, 1.82) is 0 Å². The zero-order chi connectivity index (χ0) is 21.0. The van der Waals surface area contributed by atoms with Crippen LogP contribution in [0.25, 0.3) is 11.0 Å². The number of benzene rings is 2. The third-order valence-electron chi connectivity index (χ3n) is 4.75. The van der Waals surface area contributed by atoms with Crippen LogP contribution >= 0.6 is 0 Å². The molecule has 1 heterocycles. The van der Waals surface area contributed by atoms with E-state index in [0.717, 1.165) is 5.56 Å². The van der Waals surface area contributed by atoms with Gasteiger partial charge in [0.1, 0.15) is 6.54 Å². The van der Waals surface area contributed by atoms with Crippen molar-refractivity contribution in [1.82, 2.24) is 14.5 Å². The highest BCUT2D eigenvalue weighted by Gasteiger charge is 2.13. The number of fused-ring (bicyclic) bond motifs is 1. The first-order valence-electron chi connectivity index (χ1n) is 9.12. The van der Waals surface area contributed by atoms with Gasteiger partial charge in [0.2, 0.25) is 5.91 Å². The lowest BCUT2D eigenvalue weighted by atomic mass is 10.1. The SMILES string of the molecule is COc1ccc(CCNC(=O)Cn2c(=O)c(=O)n(C)c3ccccc32)cc1OC. The number of hydrogen-bond acceptors (Lipinski definition) is 5. The van der Waals surface area contributed by atoms with Gasteiger partial charge in [-0.05, 0) is 36.2 Å². The molecule has 3 aromatic rings. The van der Waals surface area contributed by atoms with Gasteiger partial charge in [-0.25, -0.2) is 0 Å². The molecule has 0 unspecified atom stereocenters. The zero-order valence-electron chi connectivity index (χ0n) is 16.6. The van der Waals surface area contributed by atoms with Crippen LogP contribution in [0.5, 0.6) is 11.5 Å². The Morgan fingerprint density at radius 3 is 2.34 bits per heavy atom. The Morgan fingerprint density at radius 2 is 1.66 bits per heavy atom. The molecule has 0 aliphatic heterocycles. The summed E-state index contributed by atoms with van der Waals surface area (Å²) in [6, 6.07) is 12.5. The van der Waals surface area contributed by atoms with E-state index >= 15 is 0 Å². The number of methoxy groups -OCH3 is 2. The number of nitrogens with zero attached hydrogens (tertiary/aromatic N) is 2. The number of carbonyl (C=O) groups excluding carboxylic acids is 1. The number of aromatic nitrogens is 2. The fourth-order valence-corrected chi connectivity index (χ4v) is 3.19. The van der Waals surface area contributed by atoms with Crippen molar-refractivity contribution < 1.29 is 14.3 Å². The lowest BCUT2D eigenvalue weighted by molar-refractivity contribution is -0.121. The standard InChI is InChI=1S/C21H23N3O5/c1-23-15-6-4-5-7-16(15)24(21(27)20(23)26)13-19(25)22-11-10-14-8-9-17(28-2)18(12-14)29-3/h4-9,12H,10-11,13H2,1-3H3,(H,22,25). The van der Waals surface area contributed by atoms with Gasteiger partial charge < -0.3 is 19.4 Å². The molecule has 1 N–H and O–H groups in total. The summed E-state index contributed by atoms with van der Waals surface area (Å²) in [6.45, 7) is 0.160. The van der Waals surface area contributed by atoms with Crippen molar-refractivity contribution in [3.63, 3.8) is 0 Å². The smallest absolute Gasteiger partial charge is 0.317 e. The maximum atomic E-state index is 12.4. The summed E-state index contributed by atoms with van der Waals surface area (Å²) in [7, 11) is 4.68. The molecule has 0 fully saturated rings. The number of para-hydroxylation sites is 2. The topological polar surface area (TPSA) is 91.6 Å². The highest BCUT2D eigenvalue weighted by atomic mass is 16.5. The molecular formula is C21H23N3O5. The van der Waals surface area contributed by atoms with Crippen LogP contribution in [0.1, 0.15) is 5.56 Å². The summed E-state index contributed by atoms with van der Waals surface area (Å²) in [5.41, 5.74) is 0.715. The summed E-state index contributed by atoms with van der Waals surface area (Å²) < 4.78 is 13.0. The number of nitrogens with one attached hydrogen (secondary N) is 1. The predicted molar refractivity (Wildman–Crippen MR) is 110 cm³/mol. The number of rotatable bonds is 7. The molecule has 8 heteroatoms. The van der Waals surface area contributed by atoms with Gasteiger partial charge >= 0.3 is 11.1 Å². The fraction of sp³-hybridized carbons (Fsp3) is 0.286. The molecule has 0 aliphatic carbocycles. The van der Waals surface area contributed by atoms with Gasteiger partial charge in [0.15, 0.2) is 11.5 Å². The Balaban J connectivity index is 1.71. The highest BCUT2D eigenvalue weighted by molar-refractivity contribution is 5.80. The van der Waals surface area contributed by atoms with E-state index in [0.29, 0.717) is 35.5 Å². The molecule has 3 rings (SSSR count). The van der Waals surface area contributed by atoms with Crippen molar-refractivity contribution in [2.75, 3.05) is 20.8 Å². The summed E-state index contributed by atoms with van der Waals surface area (Å²) >= 11 is 0. The van der Waals surface area contributed by atoms with Gasteiger partial charge in [-0.1, -0.05) is 18.2 Å².